The van der Waals surface area contributed by atoms with Gasteiger partial charge in [-0.2, -0.15) is 18.4 Å². The van der Waals surface area contributed by atoms with Crippen molar-refractivity contribution < 1.29 is 17.4 Å². The highest BCUT2D eigenvalue weighted by molar-refractivity contribution is 7.82. The van der Waals surface area contributed by atoms with Crippen LogP contribution >= 0.6 is 11.6 Å². The average molecular weight is 374 g/mol. The monoisotopic (exact) mass is 373 g/mol. The molecule has 0 saturated carbocycles. The zero-order valence-electron chi connectivity index (χ0n) is 12.3. The van der Waals surface area contributed by atoms with E-state index in [1.165, 1.54) is 42.7 Å². The van der Waals surface area contributed by atoms with E-state index in [2.05, 4.69) is 4.98 Å². The normalized spacial score (nSPS) is 14.2. The molecule has 0 fully saturated rings. The largest absolute Gasteiger partial charge is 0.409 e. The number of hydrogen-bond donors (Lipinski definition) is 0. The predicted octanol–water partition coefficient (Wildman–Crippen LogP) is 3.86. The molecule has 9 heteroatoms. The molecule has 2 aromatic rings. The zero-order valence-corrected chi connectivity index (χ0v) is 13.9. The molecule has 0 bridgehead atoms. The van der Waals surface area contributed by atoms with E-state index < -0.39 is 23.2 Å². The van der Waals surface area contributed by atoms with Gasteiger partial charge in [-0.25, -0.2) is 8.51 Å². The molecule has 0 aliphatic rings. The van der Waals surface area contributed by atoms with Crippen LogP contribution in [0.4, 0.5) is 13.2 Å². The Bertz CT molecular complexity index is 790. The van der Waals surface area contributed by atoms with E-state index in [0.717, 1.165) is 7.05 Å². The highest BCUT2D eigenvalue weighted by atomic mass is 35.5. The van der Waals surface area contributed by atoms with Gasteiger partial charge in [0.25, 0.3) is 0 Å². The Morgan fingerprint density at radius 3 is 2.46 bits per heavy atom. The van der Waals surface area contributed by atoms with Crippen LogP contribution in [0.15, 0.2) is 47.6 Å². The SMILES string of the molecule is CN(C(c1ccc(Cl)cc1)C(F)(F)F)S(=O)c1cncc(C#N)c1. The van der Waals surface area contributed by atoms with Crippen molar-refractivity contribution in [3.05, 3.63) is 58.9 Å². The number of nitriles is 1. The van der Waals surface area contributed by atoms with Crippen LogP contribution in [0.2, 0.25) is 5.02 Å². The molecule has 4 nitrogen and oxygen atoms in total. The Morgan fingerprint density at radius 1 is 1.29 bits per heavy atom. The van der Waals surface area contributed by atoms with E-state index in [-0.39, 0.29) is 16.0 Å². The summed E-state index contributed by atoms with van der Waals surface area (Å²) in [5.41, 5.74) is 0.0245. The van der Waals surface area contributed by atoms with Gasteiger partial charge >= 0.3 is 6.18 Å². The molecule has 2 atom stereocenters. The molecule has 0 aliphatic heterocycles. The second-order valence-corrected chi connectivity index (χ2v) is 6.79. The molecule has 2 unspecified atom stereocenters. The van der Waals surface area contributed by atoms with Crippen molar-refractivity contribution in [2.24, 2.45) is 0 Å². The fourth-order valence-electron chi connectivity index (χ4n) is 2.09. The van der Waals surface area contributed by atoms with Gasteiger partial charge in [0.2, 0.25) is 0 Å². The molecule has 1 aromatic carbocycles. The molecular formula is C15H11ClF3N3OS. The Morgan fingerprint density at radius 2 is 1.92 bits per heavy atom. The van der Waals surface area contributed by atoms with Gasteiger partial charge in [0.15, 0.2) is 0 Å². The lowest BCUT2D eigenvalue weighted by molar-refractivity contribution is -0.170. The van der Waals surface area contributed by atoms with Crippen LogP contribution in [-0.2, 0) is 11.0 Å². The van der Waals surface area contributed by atoms with E-state index in [1.54, 1.807) is 6.07 Å². The van der Waals surface area contributed by atoms with Crippen molar-refractivity contribution in [1.82, 2.24) is 9.29 Å². The summed E-state index contributed by atoms with van der Waals surface area (Å²) in [7, 11) is -1.06. The van der Waals surface area contributed by atoms with Crippen molar-refractivity contribution in [2.75, 3.05) is 7.05 Å². The lowest BCUT2D eigenvalue weighted by Gasteiger charge is -2.29. The number of aromatic nitrogens is 1. The van der Waals surface area contributed by atoms with Crippen LogP contribution in [0, 0.1) is 11.3 Å². The van der Waals surface area contributed by atoms with Crippen LogP contribution in [-0.4, -0.2) is 26.7 Å². The number of nitrogens with zero attached hydrogens (tertiary/aromatic N) is 3. The third-order valence-corrected chi connectivity index (χ3v) is 4.78. The van der Waals surface area contributed by atoms with E-state index in [4.69, 9.17) is 16.9 Å². The summed E-state index contributed by atoms with van der Waals surface area (Å²) < 4.78 is 53.7. The molecule has 0 spiro atoms. The van der Waals surface area contributed by atoms with Gasteiger partial charge < -0.3 is 0 Å². The molecule has 0 radical (unpaired) electrons. The molecule has 1 heterocycles. The summed E-state index contributed by atoms with van der Waals surface area (Å²) in [6.07, 6.45) is -2.25. The fourth-order valence-corrected chi connectivity index (χ4v) is 3.36. The maximum absolute atomic E-state index is 13.5. The third kappa shape index (κ3) is 4.12. The number of rotatable bonds is 4. The summed E-state index contributed by atoms with van der Waals surface area (Å²) in [5, 5.41) is 9.13. The Balaban J connectivity index is 2.41. The maximum atomic E-state index is 13.5. The molecular weight excluding hydrogens is 363 g/mol. The van der Waals surface area contributed by atoms with Gasteiger partial charge in [-0.3, -0.25) is 4.98 Å². The van der Waals surface area contributed by atoms with E-state index >= 15 is 0 Å². The van der Waals surface area contributed by atoms with Gasteiger partial charge in [-0.15, -0.1) is 0 Å². The quantitative estimate of drug-likeness (QED) is 0.817. The minimum atomic E-state index is -4.65. The summed E-state index contributed by atoms with van der Waals surface area (Å²) >= 11 is 5.71. The minimum absolute atomic E-state index is 0.0137. The molecule has 24 heavy (non-hydrogen) atoms. The van der Waals surface area contributed by atoms with E-state index in [0.29, 0.717) is 9.33 Å². The number of hydrogen-bond acceptors (Lipinski definition) is 3. The minimum Gasteiger partial charge on any atom is -0.262 e. The first-order valence-electron chi connectivity index (χ1n) is 6.56. The highest BCUT2D eigenvalue weighted by Crippen LogP contribution is 2.38. The molecule has 0 aliphatic carbocycles. The highest BCUT2D eigenvalue weighted by Gasteiger charge is 2.45. The summed E-state index contributed by atoms with van der Waals surface area (Å²) in [6.45, 7) is 0. The molecule has 126 valence electrons. The first kappa shape index (κ1) is 18.4. The molecule has 0 saturated heterocycles. The lowest BCUT2D eigenvalue weighted by Crippen LogP contribution is -2.37. The predicted molar refractivity (Wildman–Crippen MR) is 83.4 cm³/mol. The van der Waals surface area contributed by atoms with Crippen LogP contribution in [0.1, 0.15) is 17.2 Å². The second-order valence-electron chi connectivity index (χ2n) is 4.81. The van der Waals surface area contributed by atoms with Crippen LogP contribution in [0.3, 0.4) is 0 Å². The Kier molecular flexibility index (Phi) is 5.59. The number of halogens is 4. The zero-order chi connectivity index (χ0) is 17.9. The number of benzene rings is 1. The molecule has 0 amide bonds. The number of alkyl halides is 3. The Labute approximate surface area is 144 Å². The lowest BCUT2D eigenvalue weighted by atomic mass is 10.1. The fraction of sp³-hybridized carbons (Fsp3) is 0.200. The smallest absolute Gasteiger partial charge is 0.262 e. The number of pyridine rings is 1. The van der Waals surface area contributed by atoms with Crippen molar-refractivity contribution in [1.29, 1.82) is 5.26 Å². The summed E-state index contributed by atoms with van der Waals surface area (Å²) in [6, 6.07) is 6.10. The van der Waals surface area contributed by atoms with Crippen LogP contribution in [0.5, 0.6) is 0 Å². The summed E-state index contributed by atoms with van der Waals surface area (Å²) in [4.78, 5) is 3.74. The standard InChI is InChI=1S/C15H11ClF3N3OS/c1-22(24(23)13-6-10(7-20)8-21-9-13)14(15(17,18)19)11-2-4-12(16)5-3-11/h2-6,8-9,14H,1H3. The molecule has 2 rings (SSSR count). The van der Waals surface area contributed by atoms with E-state index in [9.17, 15) is 17.4 Å². The van der Waals surface area contributed by atoms with Gasteiger partial charge in [0, 0.05) is 24.5 Å². The van der Waals surface area contributed by atoms with Gasteiger partial charge in [-0.1, -0.05) is 23.7 Å². The van der Waals surface area contributed by atoms with Crippen molar-refractivity contribution in [3.8, 4) is 6.07 Å². The van der Waals surface area contributed by atoms with Crippen LogP contribution in [0.25, 0.3) is 0 Å². The van der Waals surface area contributed by atoms with Crippen LogP contribution < -0.4 is 0 Å². The van der Waals surface area contributed by atoms with Crippen molar-refractivity contribution >= 4 is 22.6 Å². The molecule has 1 aromatic heterocycles. The Hall–Kier alpha value is -1.95. The third-order valence-electron chi connectivity index (χ3n) is 3.16. The van der Waals surface area contributed by atoms with Crippen molar-refractivity contribution in [3.63, 3.8) is 0 Å². The average Bonchev–Trinajstić information content (AvgIpc) is 2.55. The van der Waals surface area contributed by atoms with Gasteiger partial charge in [-0.05, 0) is 23.8 Å². The second kappa shape index (κ2) is 7.30. The first-order valence-corrected chi connectivity index (χ1v) is 8.04. The maximum Gasteiger partial charge on any atom is 0.409 e. The van der Waals surface area contributed by atoms with Gasteiger partial charge in [0.05, 0.1) is 10.5 Å². The summed E-state index contributed by atoms with van der Waals surface area (Å²) in [5.74, 6) is 0. The first-order chi connectivity index (χ1) is 11.2. The topological polar surface area (TPSA) is 57.0 Å². The van der Waals surface area contributed by atoms with E-state index in [1.807, 2.05) is 0 Å². The molecule has 0 N–H and O–H groups in total. The van der Waals surface area contributed by atoms with Gasteiger partial charge in [0.1, 0.15) is 23.1 Å². The van der Waals surface area contributed by atoms with Crippen molar-refractivity contribution in [2.45, 2.75) is 17.1 Å².